The van der Waals surface area contributed by atoms with E-state index in [1.54, 1.807) is 37.3 Å². The van der Waals surface area contributed by atoms with E-state index in [9.17, 15) is 14.4 Å². The van der Waals surface area contributed by atoms with Gasteiger partial charge in [0.1, 0.15) is 11.5 Å². The Balaban J connectivity index is 1.65. The number of carbonyl (C=O) groups is 3. The third-order valence-electron chi connectivity index (χ3n) is 4.42. The summed E-state index contributed by atoms with van der Waals surface area (Å²) >= 11 is 0. The van der Waals surface area contributed by atoms with E-state index in [1.807, 2.05) is 6.92 Å². The van der Waals surface area contributed by atoms with Crippen molar-refractivity contribution in [2.45, 2.75) is 13.8 Å². The predicted molar refractivity (Wildman–Crippen MR) is 104 cm³/mol. The van der Waals surface area contributed by atoms with Crippen LogP contribution in [0.2, 0.25) is 0 Å². The molecule has 1 aliphatic heterocycles. The Morgan fingerprint density at radius 2 is 1.86 bits per heavy atom. The molecule has 29 heavy (non-hydrogen) atoms. The molecule has 0 saturated heterocycles. The molecule has 8 heteroatoms. The summed E-state index contributed by atoms with van der Waals surface area (Å²) in [5.41, 5.74) is 0.982. The minimum atomic E-state index is -0.510. The highest BCUT2D eigenvalue weighted by molar-refractivity contribution is 6.35. The minimum Gasteiger partial charge on any atom is -0.492 e. The first kappa shape index (κ1) is 18.4. The molecule has 0 spiro atoms. The highest BCUT2D eigenvalue weighted by Crippen LogP contribution is 2.35. The molecule has 4 rings (SSSR count). The van der Waals surface area contributed by atoms with Gasteiger partial charge in [0.05, 0.1) is 23.4 Å². The Labute approximate surface area is 166 Å². The lowest BCUT2D eigenvalue weighted by molar-refractivity contribution is 0.0924. The fourth-order valence-corrected chi connectivity index (χ4v) is 3.13. The van der Waals surface area contributed by atoms with Gasteiger partial charge >= 0.3 is 0 Å². The van der Waals surface area contributed by atoms with Gasteiger partial charge in [-0.1, -0.05) is 17.3 Å². The van der Waals surface area contributed by atoms with Crippen molar-refractivity contribution in [1.29, 1.82) is 0 Å². The van der Waals surface area contributed by atoms with Gasteiger partial charge in [-0.2, -0.15) is 0 Å². The molecule has 8 nitrogen and oxygen atoms in total. The number of ether oxygens (including phenoxy) is 1. The zero-order chi connectivity index (χ0) is 20.5. The Hall–Kier alpha value is -3.94. The number of imide groups is 1. The molecule has 0 unspecified atom stereocenters. The zero-order valence-corrected chi connectivity index (χ0v) is 15.8. The van der Waals surface area contributed by atoms with Crippen LogP contribution in [0, 0.1) is 6.92 Å². The molecule has 1 N–H and O–H groups in total. The number of amides is 3. The molecule has 0 aliphatic carbocycles. The van der Waals surface area contributed by atoms with Crippen LogP contribution in [0.1, 0.15) is 43.8 Å². The molecule has 0 atom stereocenters. The van der Waals surface area contributed by atoms with Crippen LogP contribution in [0.4, 0.5) is 11.5 Å². The second kappa shape index (κ2) is 7.23. The van der Waals surface area contributed by atoms with Gasteiger partial charge in [-0.3, -0.25) is 14.4 Å². The lowest BCUT2D eigenvalue weighted by Gasteiger charge is -2.17. The molecule has 1 aromatic heterocycles. The summed E-state index contributed by atoms with van der Waals surface area (Å²) in [7, 11) is 0. The maximum atomic E-state index is 13.0. The lowest BCUT2D eigenvalue weighted by Crippen LogP contribution is -2.29. The molecular formula is C21H17N3O5. The van der Waals surface area contributed by atoms with Crippen molar-refractivity contribution in [3.05, 3.63) is 71.0 Å². The first-order chi connectivity index (χ1) is 14.0. The fourth-order valence-electron chi connectivity index (χ4n) is 3.13. The Morgan fingerprint density at radius 3 is 2.59 bits per heavy atom. The summed E-state index contributed by atoms with van der Waals surface area (Å²) in [6, 6.07) is 12.8. The Morgan fingerprint density at radius 1 is 1.10 bits per heavy atom. The molecular weight excluding hydrogens is 374 g/mol. The number of hydrogen-bond donors (Lipinski definition) is 1. The normalized spacial score (nSPS) is 12.8. The summed E-state index contributed by atoms with van der Waals surface area (Å²) in [5, 5.41) is 6.30. The van der Waals surface area contributed by atoms with Crippen molar-refractivity contribution in [3.8, 4) is 5.75 Å². The topological polar surface area (TPSA) is 102 Å². The number of rotatable bonds is 5. The highest BCUT2D eigenvalue weighted by Gasteiger charge is 2.38. The summed E-state index contributed by atoms with van der Waals surface area (Å²) in [4.78, 5) is 39.4. The number of anilines is 2. The molecule has 3 aromatic rings. The first-order valence-corrected chi connectivity index (χ1v) is 8.99. The van der Waals surface area contributed by atoms with Gasteiger partial charge in [0.25, 0.3) is 17.7 Å². The number of fused-ring (bicyclic) bond motifs is 1. The van der Waals surface area contributed by atoms with Crippen molar-refractivity contribution in [2.75, 3.05) is 16.8 Å². The second-order valence-electron chi connectivity index (χ2n) is 6.38. The minimum absolute atomic E-state index is 0.158. The molecule has 2 heterocycles. The van der Waals surface area contributed by atoms with E-state index < -0.39 is 17.7 Å². The number of carbonyl (C=O) groups excluding carboxylic acids is 3. The summed E-state index contributed by atoms with van der Waals surface area (Å²) in [6.07, 6.45) is 0. The summed E-state index contributed by atoms with van der Waals surface area (Å²) in [5.74, 6) is -0.181. The van der Waals surface area contributed by atoms with Gasteiger partial charge in [0, 0.05) is 11.6 Å². The van der Waals surface area contributed by atoms with Crippen LogP contribution < -0.4 is 15.0 Å². The SMILES string of the molecule is CCOc1ccccc1N1C(=O)c2ccc(C(=O)Nc3cc(C)on3)cc2C1=O. The van der Waals surface area contributed by atoms with E-state index in [0.29, 0.717) is 23.8 Å². The fraction of sp³-hybridized carbons (Fsp3) is 0.143. The Bertz CT molecular complexity index is 1130. The highest BCUT2D eigenvalue weighted by atomic mass is 16.5. The predicted octanol–water partition coefficient (Wildman–Crippen LogP) is 3.43. The second-order valence-corrected chi connectivity index (χ2v) is 6.38. The van der Waals surface area contributed by atoms with E-state index in [4.69, 9.17) is 9.26 Å². The van der Waals surface area contributed by atoms with Crippen molar-refractivity contribution >= 4 is 29.2 Å². The largest absolute Gasteiger partial charge is 0.492 e. The first-order valence-electron chi connectivity index (χ1n) is 8.99. The Kier molecular flexibility index (Phi) is 4.59. The molecule has 2 aromatic carbocycles. The maximum absolute atomic E-state index is 13.0. The lowest BCUT2D eigenvalue weighted by atomic mass is 10.1. The van der Waals surface area contributed by atoms with Crippen LogP contribution in [0.3, 0.4) is 0 Å². The number of para-hydroxylation sites is 2. The van der Waals surface area contributed by atoms with Crippen molar-refractivity contribution in [3.63, 3.8) is 0 Å². The van der Waals surface area contributed by atoms with Gasteiger partial charge in [-0.25, -0.2) is 4.90 Å². The van der Waals surface area contributed by atoms with Gasteiger partial charge in [-0.05, 0) is 44.2 Å². The smallest absolute Gasteiger partial charge is 0.266 e. The third-order valence-corrected chi connectivity index (χ3v) is 4.42. The van der Waals surface area contributed by atoms with Crippen molar-refractivity contribution in [1.82, 2.24) is 5.16 Å². The van der Waals surface area contributed by atoms with E-state index in [0.717, 1.165) is 4.90 Å². The van der Waals surface area contributed by atoms with E-state index in [-0.39, 0.29) is 22.5 Å². The maximum Gasteiger partial charge on any atom is 0.266 e. The molecule has 0 fully saturated rings. The third kappa shape index (κ3) is 3.25. The van der Waals surface area contributed by atoms with Crippen LogP contribution in [0.5, 0.6) is 5.75 Å². The molecule has 0 saturated carbocycles. The van der Waals surface area contributed by atoms with Crippen molar-refractivity contribution < 1.29 is 23.6 Å². The van der Waals surface area contributed by atoms with Gasteiger partial charge < -0.3 is 14.6 Å². The van der Waals surface area contributed by atoms with Crippen LogP contribution in [0.15, 0.2) is 53.1 Å². The quantitative estimate of drug-likeness (QED) is 0.669. The van der Waals surface area contributed by atoms with Crippen molar-refractivity contribution in [2.24, 2.45) is 0 Å². The number of hydrogen-bond acceptors (Lipinski definition) is 6. The number of aryl methyl sites for hydroxylation is 1. The number of aromatic nitrogens is 1. The standard InChI is InChI=1S/C21H17N3O5/c1-3-28-17-7-5-4-6-16(17)24-20(26)14-9-8-13(11-15(14)21(24)27)19(25)22-18-10-12(2)29-23-18/h4-11H,3H2,1-2H3,(H,22,23,25). The van der Waals surface area contributed by atoms with Gasteiger partial charge in [-0.15, -0.1) is 0 Å². The average molecular weight is 391 g/mol. The van der Waals surface area contributed by atoms with Gasteiger partial charge in [0.2, 0.25) is 0 Å². The van der Waals surface area contributed by atoms with E-state index in [1.165, 1.54) is 18.2 Å². The van der Waals surface area contributed by atoms with E-state index in [2.05, 4.69) is 10.5 Å². The number of nitrogens with one attached hydrogen (secondary N) is 1. The molecule has 3 amide bonds. The zero-order valence-electron chi connectivity index (χ0n) is 15.8. The number of benzene rings is 2. The number of nitrogens with zero attached hydrogens (tertiary/aromatic N) is 2. The van der Waals surface area contributed by atoms with Gasteiger partial charge in [0.15, 0.2) is 5.82 Å². The van der Waals surface area contributed by atoms with Crippen LogP contribution in [-0.4, -0.2) is 29.5 Å². The van der Waals surface area contributed by atoms with Crippen LogP contribution >= 0.6 is 0 Å². The average Bonchev–Trinajstić information content (AvgIpc) is 3.23. The monoisotopic (exact) mass is 391 g/mol. The molecule has 0 bridgehead atoms. The molecule has 0 radical (unpaired) electrons. The summed E-state index contributed by atoms with van der Waals surface area (Å²) < 4.78 is 10.5. The van der Waals surface area contributed by atoms with E-state index >= 15 is 0 Å². The molecule has 146 valence electrons. The van der Waals surface area contributed by atoms with Crippen LogP contribution in [0.25, 0.3) is 0 Å². The summed E-state index contributed by atoms with van der Waals surface area (Å²) in [6.45, 7) is 3.92. The molecule has 1 aliphatic rings. The van der Waals surface area contributed by atoms with Crippen LogP contribution in [-0.2, 0) is 0 Å².